The molecule has 0 amide bonds. The molecule has 0 bridgehead atoms. The molecular formula is C31H31N2OPt-. The predicted octanol–water partition coefficient (Wildman–Crippen LogP) is 7.96. The zero-order chi connectivity index (χ0) is 23.5. The molecule has 2 heterocycles. The summed E-state index contributed by atoms with van der Waals surface area (Å²) in [5.74, 6) is 0.324. The molecule has 0 unspecified atom stereocenters. The molecule has 4 aromatic rings. The molecule has 35 heavy (non-hydrogen) atoms. The van der Waals surface area contributed by atoms with Gasteiger partial charge in [0.1, 0.15) is 5.75 Å². The molecule has 4 heteroatoms. The van der Waals surface area contributed by atoms with Crippen molar-refractivity contribution < 1.29 is 26.2 Å². The van der Waals surface area contributed by atoms with Crippen LogP contribution in [0, 0.1) is 6.07 Å². The molecule has 0 spiro atoms. The number of benzene rings is 2. The summed E-state index contributed by atoms with van der Waals surface area (Å²) in [5.41, 5.74) is 7.89. The third-order valence-corrected chi connectivity index (χ3v) is 7.13. The van der Waals surface area contributed by atoms with Gasteiger partial charge >= 0.3 is 0 Å². The van der Waals surface area contributed by atoms with E-state index in [0.29, 0.717) is 5.75 Å². The van der Waals surface area contributed by atoms with Gasteiger partial charge in [-0.2, -0.15) is 0 Å². The maximum absolute atomic E-state index is 11.0. The third-order valence-electron chi connectivity index (χ3n) is 7.13. The topological polar surface area (TPSA) is 46.0 Å². The van der Waals surface area contributed by atoms with Gasteiger partial charge in [-0.15, -0.1) is 24.3 Å². The van der Waals surface area contributed by atoms with E-state index in [4.69, 9.17) is 4.98 Å². The molecule has 0 radical (unpaired) electrons. The summed E-state index contributed by atoms with van der Waals surface area (Å²) in [4.78, 5) is 9.63. The Labute approximate surface area is 223 Å². The van der Waals surface area contributed by atoms with E-state index in [-0.39, 0.29) is 26.5 Å². The summed E-state index contributed by atoms with van der Waals surface area (Å²) in [6, 6.07) is 25.9. The molecule has 2 aromatic heterocycles. The van der Waals surface area contributed by atoms with E-state index >= 15 is 0 Å². The second-order valence-electron chi connectivity index (χ2n) is 9.27. The smallest absolute Gasteiger partial charge is 0.125 e. The van der Waals surface area contributed by atoms with Gasteiger partial charge in [-0.05, 0) is 36.1 Å². The van der Waals surface area contributed by atoms with Gasteiger partial charge < -0.3 is 5.11 Å². The van der Waals surface area contributed by atoms with Gasteiger partial charge in [-0.3, -0.25) is 9.97 Å². The quantitative estimate of drug-likeness (QED) is 0.199. The number of aromatic hydroxyl groups is 1. The Kier molecular flexibility index (Phi) is 7.87. The fourth-order valence-electron chi connectivity index (χ4n) is 5.43. The average molecular weight is 643 g/mol. The van der Waals surface area contributed by atoms with Crippen molar-refractivity contribution in [2.75, 3.05) is 0 Å². The molecule has 0 aliphatic heterocycles. The van der Waals surface area contributed by atoms with Crippen molar-refractivity contribution in [3.63, 3.8) is 0 Å². The third kappa shape index (κ3) is 4.59. The van der Waals surface area contributed by atoms with Crippen molar-refractivity contribution in [1.29, 1.82) is 0 Å². The van der Waals surface area contributed by atoms with E-state index < -0.39 is 0 Å². The second kappa shape index (κ2) is 10.9. The molecular weight excluding hydrogens is 611 g/mol. The van der Waals surface area contributed by atoms with Gasteiger partial charge in [0.05, 0.1) is 5.69 Å². The Balaban J connectivity index is 0.00000289. The van der Waals surface area contributed by atoms with Crippen LogP contribution in [0.4, 0.5) is 0 Å². The van der Waals surface area contributed by atoms with Crippen LogP contribution in [0.1, 0.15) is 63.5 Å². The summed E-state index contributed by atoms with van der Waals surface area (Å²) >= 11 is 0. The number of pyridine rings is 2. The Morgan fingerprint density at radius 3 is 2.17 bits per heavy atom. The Bertz CT molecular complexity index is 1290. The van der Waals surface area contributed by atoms with E-state index in [0.717, 1.165) is 72.3 Å². The molecule has 182 valence electrons. The first-order valence-corrected chi connectivity index (χ1v) is 12.5. The second-order valence-corrected chi connectivity index (χ2v) is 9.27. The maximum Gasteiger partial charge on any atom is 0.125 e. The number of hydrogen-bond donors (Lipinski definition) is 1. The number of hydrogen-bond acceptors (Lipinski definition) is 3. The van der Waals surface area contributed by atoms with Crippen molar-refractivity contribution in [1.82, 2.24) is 9.97 Å². The van der Waals surface area contributed by atoms with Crippen LogP contribution in [-0.4, -0.2) is 15.1 Å². The number of phenols is 1. The minimum Gasteiger partial charge on any atom is -0.507 e. The van der Waals surface area contributed by atoms with Gasteiger partial charge in [-0.25, -0.2) is 0 Å². The number of aromatic nitrogens is 2. The molecule has 5 rings (SSSR count). The minimum atomic E-state index is -0.0829. The molecule has 1 N–H and O–H groups in total. The van der Waals surface area contributed by atoms with Crippen molar-refractivity contribution in [2.24, 2.45) is 0 Å². The van der Waals surface area contributed by atoms with Gasteiger partial charge in [0.15, 0.2) is 0 Å². The fraction of sp³-hybridized carbons (Fsp3) is 0.290. The maximum atomic E-state index is 11.0. The molecule has 0 saturated heterocycles. The van der Waals surface area contributed by atoms with Crippen LogP contribution < -0.4 is 0 Å². The number of fused-ring (bicyclic) bond motifs is 3. The van der Waals surface area contributed by atoms with Crippen LogP contribution in [0.15, 0.2) is 72.9 Å². The summed E-state index contributed by atoms with van der Waals surface area (Å²) in [6.07, 6.45) is 8.57. The Morgan fingerprint density at radius 2 is 1.49 bits per heavy atom. The summed E-state index contributed by atoms with van der Waals surface area (Å²) in [5, 5.41) is 11.0. The summed E-state index contributed by atoms with van der Waals surface area (Å²) in [6.45, 7) is 4.50. The molecule has 1 aliphatic carbocycles. The first-order chi connectivity index (χ1) is 16.7. The van der Waals surface area contributed by atoms with Crippen LogP contribution in [0.3, 0.4) is 0 Å². The van der Waals surface area contributed by atoms with Crippen molar-refractivity contribution >= 4 is 0 Å². The van der Waals surface area contributed by atoms with Gasteiger partial charge in [0.25, 0.3) is 0 Å². The monoisotopic (exact) mass is 642 g/mol. The van der Waals surface area contributed by atoms with E-state index in [2.05, 4.69) is 43.1 Å². The normalized spacial score (nSPS) is 13.1. The molecule has 0 atom stereocenters. The largest absolute Gasteiger partial charge is 0.507 e. The average Bonchev–Trinajstić information content (AvgIpc) is 3.17. The van der Waals surface area contributed by atoms with Crippen molar-refractivity contribution in [3.8, 4) is 39.5 Å². The van der Waals surface area contributed by atoms with Crippen LogP contribution in [0.2, 0.25) is 0 Å². The van der Waals surface area contributed by atoms with E-state index in [1.807, 2.05) is 42.5 Å². The van der Waals surface area contributed by atoms with Gasteiger partial charge in [0, 0.05) is 49.6 Å². The first kappa shape index (κ1) is 25.3. The summed E-state index contributed by atoms with van der Waals surface area (Å²) < 4.78 is 0. The Morgan fingerprint density at radius 1 is 0.771 bits per heavy atom. The fourth-order valence-corrected chi connectivity index (χ4v) is 5.43. The molecule has 3 nitrogen and oxygen atoms in total. The molecule has 2 aromatic carbocycles. The molecule has 0 fully saturated rings. The molecule has 0 saturated carbocycles. The Hall–Kier alpha value is -2.77. The van der Waals surface area contributed by atoms with E-state index in [1.54, 1.807) is 12.3 Å². The van der Waals surface area contributed by atoms with E-state index in [1.165, 1.54) is 11.1 Å². The molecule has 1 aliphatic rings. The zero-order valence-corrected chi connectivity index (χ0v) is 22.6. The van der Waals surface area contributed by atoms with Crippen LogP contribution in [-0.2, 0) is 26.5 Å². The van der Waals surface area contributed by atoms with Gasteiger partial charge in [-0.1, -0.05) is 87.1 Å². The SMILES string of the molecule is CCCCC1(CCCC)c2ccc(-c3[c-]c(-c4ccccn4)ccc3)nc2-c2c(O)cccc21.[Pt]. The summed E-state index contributed by atoms with van der Waals surface area (Å²) in [7, 11) is 0. The number of nitrogens with zero attached hydrogens (tertiary/aromatic N) is 2. The van der Waals surface area contributed by atoms with Crippen LogP contribution in [0.25, 0.3) is 33.8 Å². The number of rotatable bonds is 8. The number of phenolic OH excluding ortho intramolecular Hbond substituents is 1. The van der Waals surface area contributed by atoms with E-state index in [9.17, 15) is 5.11 Å². The van der Waals surface area contributed by atoms with Crippen molar-refractivity contribution in [2.45, 2.75) is 57.8 Å². The minimum absolute atomic E-state index is 0. The first-order valence-electron chi connectivity index (χ1n) is 12.5. The standard InChI is InChI=1S/C31H31N2O.Pt/c1-3-5-18-31(19-6-4-2)24-13-10-15-28(34)29(24)30-25(31)16-17-27(33-30)23-12-9-11-22(21-23)26-14-7-8-20-32-26;/h7-17,20,34H,3-6,18-19H2,1-2H3;/q-1;. The van der Waals surface area contributed by atoms with Crippen molar-refractivity contribution in [3.05, 3.63) is 90.1 Å². The zero-order valence-electron chi connectivity index (χ0n) is 20.3. The predicted molar refractivity (Wildman–Crippen MR) is 139 cm³/mol. The number of unbranched alkanes of at least 4 members (excludes halogenated alkanes) is 2. The van der Waals surface area contributed by atoms with Crippen LogP contribution in [0.5, 0.6) is 5.75 Å². The van der Waals surface area contributed by atoms with Gasteiger partial charge in [0.2, 0.25) is 0 Å². The van der Waals surface area contributed by atoms with Crippen LogP contribution >= 0.6 is 0 Å².